The molecular weight excluding hydrogens is 262 g/mol. The van der Waals surface area contributed by atoms with Crippen LogP contribution in [0.15, 0.2) is 16.7 Å². The smallest absolute Gasteiger partial charge is 0.310 e. The average Bonchev–Trinajstić information content (AvgIpc) is 2.21. The van der Waals surface area contributed by atoms with Gasteiger partial charge in [-0.3, -0.25) is 4.79 Å². The molecule has 0 saturated heterocycles. The first kappa shape index (κ1) is 12.0. The Bertz CT molecular complexity index is 355. The molecule has 5 heteroatoms. The van der Waals surface area contributed by atoms with Crippen molar-refractivity contribution in [3.8, 4) is 5.88 Å². The van der Waals surface area contributed by atoms with Gasteiger partial charge in [0.2, 0.25) is 5.88 Å². The van der Waals surface area contributed by atoms with Gasteiger partial charge in [-0.1, -0.05) is 6.07 Å². The molecule has 0 N–H and O–H groups in total. The van der Waals surface area contributed by atoms with Crippen molar-refractivity contribution in [2.45, 2.75) is 13.3 Å². The molecule has 0 aliphatic carbocycles. The second-order valence-corrected chi connectivity index (χ2v) is 3.54. The van der Waals surface area contributed by atoms with Gasteiger partial charge in [0.05, 0.1) is 20.1 Å². The first-order valence-corrected chi connectivity index (χ1v) is 5.31. The molecule has 0 atom stereocenters. The Hall–Kier alpha value is -1.10. The van der Waals surface area contributed by atoms with E-state index in [1.807, 2.05) is 0 Å². The minimum atomic E-state index is -0.259. The minimum absolute atomic E-state index is 0.214. The van der Waals surface area contributed by atoms with Gasteiger partial charge < -0.3 is 9.47 Å². The van der Waals surface area contributed by atoms with E-state index in [9.17, 15) is 4.79 Å². The zero-order valence-electron chi connectivity index (χ0n) is 8.62. The van der Waals surface area contributed by atoms with Crippen LogP contribution in [-0.4, -0.2) is 24.7 Å². The van der Waals surface area contributed by atoms with Crippen molar-refractivity contribution in [1.29, 1.82) is 0 Å². The van der Waals surface area contributed by atoms with E-state index in [1.54, 1.807) is 26.2 Å². The molecule has 0 saturated carbocycles. The van der Waals surface area contributed by atoms with Gasteiger partial charge in [-0.05, 0) is 28.4 Å². The highest BCUT2D eigenvalue weighted by molar-refractivity contribution is 9.10. The Kier molecular flexibility index (Phi) is 4.55. The molecule has 0 bridgehead atoms. The molecule has 1 rings (SSSR count). The van der Waals surface area contributed by atoms with Gasteiger partial charge >= 0.3 is 5.97 Å². The molecular formula is C10H12BrNO3. The van der Waals surface area contributed by atoms with Crippen LogP contribution < -0.4 is 4.74 Å². The van der Waals surface area contributed by atoms with Crippen molar-refractivity contribution in [2.24, 2.45) is 0 Å². The standard InChI is InChI=1S/C10H12BrNO3/c1-3-15-9(13)6-7-4-5-8(14-2)12-10(7)11/h4-5H,3,6H2,1-2H3. The number of halogens is 1. The molecule has 1 aromatic rings. The molecule has 0 fully saturated rings. The second kappa shape index (κ2) is 5.70. The Morgan fingerprint density at radius 2 is 2.27 bits per heavy atom. The highest BCUT2D eigenvalue weighted by atomic mass is 79.9. The lowest BCUT2D eigenvalue weighted by molar-refractivity contribution is -0.142. The summed E-state index contributed by atoms with van der Waals surface area (Å²) >= 11 is 3.27. The number of esters is 1. The third kappa shape index (κ3) is 3.51. The van der Waals surface area contributed by atoms with E-state index >= 15 is 0 Å². The van der Waals surface area contributed by atoms with E-state index in [0.29, 0.717) is 17.1 Å². The maximum absolute atomic E-state index is 11.2. The summed E-state index contributed by atoms with van der Waals surface area (Å²) in [7, 11) is 1.54. The Morgan fingerprint density at radius 1 is 1.53 bits per heavy atom. The van der Waals surface area contributed by atoms with Crippen LogP contribution in [0.5, 0.6) is 5.88 Å². The van der Waals surface area contributed by atoms with Gasteiger partial charge in [0, 0.05) is 6.07 Å². The summed E-state index contributed by atoms with van der Waals surface area (Å²) in [4.78, 5) is 15.3. The third-order valence-corrected chi connectivity index (χ3v) is 2.44. The molecule has 15 heavy (non-hydrogen) atoms. The maximum atomic E-state index is 11.2. The van der Waals surface area contributed by atoms with Gasteiger partial charge in [-0.25, -0.2) is 4.98 Å². The topological polar surface area (TPSA) is 48.4 Å². The first-order chi connectivity index (χ1) is 7.17. The fraction of sp³-hybridized carbons (Fsp3) is 0.400. The van der Waals surface area contributed by atoms with E-state index in [4.69, 9.17) is 9.47 Å². The molecule has 0 aliphatic rings. The highest BCUT2D eigenvalue weighted by Gasteiger charge is 2.09. The number of rotatable bonds is 4. The number of nitrogens with zero attached hydrogens (tertiary/aromatic N) is 1. The molecule has 4 nitrogen and oxygen atoms in total. The first-order valence-electron chi connectivity index (χ1n) is 4.52. The summed E-state index contributed by atoms with van der Waals surface area (Å²) in [6.45, 7) is 2.17. The van der Waals surface area contributed by atoms with Crippen molar-refractivity contribution in [1.82, 2.24) is 4.98 Å². The molecule has 0 aromatic carbocycles. The summed E-state index contributed by atoms with van der Waals surface area (Å²) in [6, 6.07) is 3.49. The van der Waals surface area contributed by atoms with E-state index in [0.717, 1.165) is 5.56 Å². The van der Waals surface area contributed by atoms with Crippen molar-refractivity contribution in [2.75, 3.05) is 13.7 Å². The van der Waals surface area contributed by atoms with Crippen LogP contribution in [-0.2, 0) is 16.0 Å². The fourth-order valence-electron chi connectivity index (χ4n) is 1.06. The number of pyridine rings is 1. The minimum Gasteiger partial charge on any atom is -0.481 e. The quantitative estimate of drug-likeness (QED) is 0.622. The van der Waals surface area contributed by atoms with Gasteiger partial charge in [-0.2, -0.15) is 0 Å². The molecule has 0 unspecified atom stereocenters. The normalized spacial score (nSPS) is 9.80. The van der Waals surface area contributed by atoms with Crippen LogP contribution >= 0.6 is 15.9 Å². The number of methoxy groups -OCH3 is 1. The fourth-order valence-corrected chi connectivity index (χ4v) is 1.51. The predicted octanol–water partition coefficient (Wildman–Crippen LogP) is 1.96. The number of carbonyl (C=O) groups is 1. The van der Waals surface area contributed by atoms with Crippen LogP contribution in [0, 0.1) is 0 Å². The number of hydrogen-bond donors (Lipinski definition) is 0. The van der Waals surface area contributed by atoms with Gasteiger partial charge in [0.1, 0.15) is 4.60 Å². The van der Waals surface area contributed by atoms with Crippen molar-refractivity contribution < 1.29 is 14.3 Å². The van der Waals surface area contributed by atoms with Crippen LogP contribution in [0.3, 0.4) is 0 Å². The monoisotopic (exact) mass is 273 g/mol. The summed E-state index contributed by atoms with van der Waals surface area (Å²) < 4.78 is 10.4. The third-order valence-electron chi connectivity index (χ3n) is 1.75. The van der Waals surface area contributed by atoms with Crippen LogP contribution in [0.1, 0.15) is 12.5 Å². The maximum Gasteiger partial charge on any atom is 0.310 e. The Balaban J connectivity index is 2.73. The average molecular weight is 274 g/mol. The second-order valence-electron chi connectivity index (χ2n) is 2.79. The summed E-state index contributed by atoms with van der Waals surface area (Å²) in [5, 5.41) is 0. The largest absolute Gasteiger partial charge is 0.481 e. The lowest BCUT2D eigenvalue weighted by Crippen LogP contribution is -2.08. The van der Waals surface area contributed by atoms with E-state index in [-0.39, 0.29) is 12.4 Å². The molecule has 0 radical (unpaired) electrons. The SMILES string of the molecule is CCOC(=O)Cc1ccc(OC)nc1Br. The molecule has 1 heterocycles. The van der Waals surface area contributed by atoms with Crippen molar-refractivity contribution in [3.63, 3.8) is 0 Å². The Labute approximate surface area is 96.7 Å². The summed E-state index contributed by atoms with van der Waals surface area (Å²) in [6.07, 6.45) is 0.214. The van der Waals surface area contributed by atoms with Gasteiger partial charge in [0.25, 0.3) is 0 Å². The number of ether oxygens (including phenoxy) is 2. The molecule has 0 aliphatic heterocycles. The predicted molar refractivity (Wildman–Crippen MR) is 58.8 cm³/mol. The molecule has 82 valence electrons. The van der Waals surface area contributed by atoms with E-state index in [2.05, 4.69) is 20.9 Å². The van der Waals surface area contributed by atoms with E-state index < -0.39 is 0 Å². The zero-order chi connectivity index (χ0) is 11.3. The number of hydrogen-bond acceptors (Lipinski definition) is 4. The lowest BCUT2D eigenvalue weighted by atomic mass is 10.2. The van der Waals surface area contributed by atoms with Crippen molar-refractivity contribution in [3.05, 3.63) is 22.3 Å². The van der Waals surface area contributed by atoms with Crippen LogP contribution in [0.2, 0.25) is 0 Å². The molecule has 0 spiro atoms. The van der Waals surface area contributed by atoms with Gasteiger partial charge in [0.15, 0.2) is 0 Å². The molecule has 0 amide bonds. The highest BCUT2D eigenvalue weighted by Crippen LogP contribution is 2.18. The lowest BCUT2D eigenvalue weighted by Gasteiger charge is -2.05. The van der Waals surface area contributed by atoms with Crippen LogP contribution in [0.25, 0.3) is 0 Å². The van der Waals surface area contributed by atoms with Gasteiger partial charge in [-0.15, -0.1) is 0 Å². The van der Waals surface area contributed by atoms with Crippen molar-refractivity contribution >= 4 is 21.9 Å². The Morgan fingerprint density at radius 3 is 2.80 bits per heavy atom. The van der Waals surface area contributed by atoms with E-state index in [1.165, 1.54) is 0 Å². The van der Waals surface area contributed by atoms with Crippen LogP contribution in [0.4, 0.5) is 0 Å². The number of aromatic nitrogens is 1. The zero-order valence-corrected chi connectivity index (χ0v) is 10.2. The summed E-state index contributed by atoms with van der Waals surface area (Å²) in [5.74, 6) is 0.250. The number of carbonyl (C=O) groups excluding carboxylic acids is 1. The molecule has 1 aromatic heterocycles. The summed E-state index contributed by atoms with van der Waals surface area (Å²) in [5.41, 5.74) is 0.786.